The minimum Gasteiger partial charge on any atom is -0.473 e. The lowest BCUT2D eigenvalue weighted by Crippen LogP contribution is -2.52. The van der Waals surface area contributed by atoms with Crippen LogP contribution in [0.2, 0.25) is 0 Å². The van der Waals surface area contributed by atoms with Crippen LogP contribution in [0, 0.1) is 0 Å². The van der Waals surface area contributed by atoms with Crippen molar-refractivity contribution in [3.63, 3.8) is 0 Å². The van der Waals surface area contributed by atoms with Crippen LogP contribution < -0.4 is 10.6 Å². The lowest BCUT2D eigenvalue weighted by atomic mass is 10.1. The van der Waals surface area contributed by atoms with Gasteiger partial charge >= 0.3 is 11.9 Å². The molecule has 24 heavy (non-hydrogen) atoms. The SMILES string of the molecule is C[C@@H]1CNC[C@H](C)N1C.C[C@@H]1CNC[C@H](C)N1C.O=C(O)C(=O)O. The van der Waals surface area contributed by atoms with Gasteiger partial charge in [0.2, 0.25) is 0 Å². The molecule has 0 aromatic rings. The molecule has 2 heterocycles. The Labute approximate surface area is 145 Å². The molecule has 2 fully saturated rings. The second-order valence-corrected chi connectivity index (χ2v) is 6.65. The fraction of sp³-hybridized carbons (Fsp3) is 0.875. The quantitative estimate of drug-likeness (QED) is 0.445. The lowest BCUT2D eigenvalue weighted by Gasteiger charge is -2.36. The predicted octanol–water partition coefficient (Wildman–Crippen LogP) is -0.248. The van der Waals surface area contributed by atoms with Gasteiger partial charge in [-0.25, -0.2) is 9.59 Å². The van der Waals surface area contributed by atoms with E-state index in [1.165, 1.54) is 0 Å². The van der Waals surface area contributed by atoms with Crippen molar-refractivity contribution < 1.29 is 19.8 Å². The number of likely N-dealkylation sites (N-methyl/N-ethyl adjacent to an activating group) is 2. The van der Waals surface area contributed by atoms with Gasteiger partial charge in [0.15, 0.2) is 0 Å². The molecule has 0 bridgehead atoms. The van der Waals surface area contributed by atoms with Gasteiger partial charge in [-0.1, -0.05) is 0 Å². The van der Waals surface area contributed by atoms with Gasteiger partial charge in [-0.3, -0.25) is 9.80 Å². The molecule has 2 aliphatic rings. The molecule has 4 N–H and O–H groups in total. The molecule has 2 aliphatic heterocycles. The van der Waals surface area contributed by atoms with E-state index in [1.807, 2.05) is 0 Å². The standard InChI is InChI=1S/2C7H16N2.C2H2O4/c2*1-6-4-8-5-7(2)9(6)3;3-1(4)2(5)6/h2*6-8H,4-5H2,1-3H3;(H,3,4)(H,5,6)/t2*6-,7+;. The van der Waals surface area contributed by atoms with Crippen molar-refractivity contribution >= 4 is 11.9 Å². The van der Waals surface area contributed by atoms with Gasteiger partial charge in [-0.05, 0) is 41.8 Å². The second-order valence-electron chi connectivity index (χ2n) is 6.65. The van der Waals surface area contributed by atoms with Crippen molar-refractivity contribution in [1.29, 1.82) is 0 Å². The molecule has 0 amide bonds. The predicted molar refractivity (Wildman–Crippen MR) is 94.4 cm³/mol. The van der Waals surface area contributed by atoms with Gasteiger partial charge in [0.05, 0.1) is 0 Å². The van der Waals surface area contributed by atoms with Crippen molar-refractivity contribution in [1.82, 2.24) is 20.4 Å². The van der Waals surface area contributed by atoms with E-state index in [0.717, 1.165) is 26.2 Å². The Bertz CT molecular complexity index is 338. The molecule has 2 saturated heterocycles. The van der Waals surface area contributed by atoms with E-state index < -0.39 is 11.9 Å². The number of carboxylic acids is 2. The van der Waals surface area contributed by atoms with Crippen LogP contribution in [0.1, 0.15) is 27.7 Å². The van der Waals surface area contributed by atoms with Gasteiger partial charge in [0.25, 0.3) is 0 Å². The van der Waals surface area contributed by atoms with Gasteiger partial charge in [0.1, 0.15) is 0 Å². The fourth-order valence-electron chi connectivity index (χ4n) is 2.45. The smallest absolute Gasteiger partial charge is 0.414 e. The van der Waals surface area contributed by atoms with E-state index in [0.29, 0.717) is 24.2 Å². The first-order valence-electron chi connectivity index (χ1n) is 8.39. The summed E-state index contributed by atoms with van der Waals surface area (Å²) in [4.78, 5) is 23.0. The molecule has 4 atom stereocenters. The maximum Gasteiger partial charge on any atom is 0.414 e. The van der Waals surface area contributed by atoms with Crippen LogP contribution in [0.3, 0.4) is 0 Å². The first-order valence-corrected chi connectivity index (χ1v) is 8.39. The summed E-state index contributed by atoms with van der Waals surface area (Å²) in [5.74, 6) is -3.65. The molecule has 2 rings (SSSR count). The van der Waals surface area contributed by atoms with Crippen LogP contribution in [-0.2, 0) is 9.59 Å². The molecule has 0 aromatic heterocycles. The highest BCUT2D eigenvalue weighted by Gasteiger charge is 2.20. The summed E-state index contributed by atoms with van der Waals surface area (Å²) in [6.45, 7) is 13.6. The zero-order valence-corrected chi connectivity index (χ0v) is 15.7. The third-order valence-corrected chi connectivity index (χ3v) is 4.72. The highest BCUT2D eigenvalue weighted by atomic mass is 16.4. The summed E-state index contributed by atoms with van der Waals surface area (Å²) < 4.78 is 0. The zero-order valence-electron chi connectivity index (χ0n) is 15.7. The van der Waals surface area contributed by atoms with E-state index >= 15 is 0 Å². The van der Waals surface area contributed by atoms with Crippen molar-refractivity contribution in [3.8, 4) is 0 Å². The number of piperazine rings is 2. The largest absolute Gasteiger partial charge is 0.473 e. The Morgan fingerprint density at radius 1 is 0.708 bits per heavy atom. The number of carbonyl (C=O) groups is 2. The van der Waals surface area contributed by atoms with E-state index in [-0.39, 0.29) is 0 Å². The molecule has 8 heteroatoms. The number of carboxylic acid groups (broad SMARTS) is 2. The van der Waals surface area contributed by atoms with Crippen LogP contribution in [0.4, 0.5) is 0 Å². The van der Waals surface area contributed by atoms with Crippen LogP contribution >= 0.6 is 0 Å². The molecule has 0 aromatic carbocycles. The van der Waals surface area contributed by atoms with Crippen LogP contribution in [-0.4, -0.2) is 96.4 Å². The van der Waals surface area contributed by atoms with Crippen molar-refractivity contribution in [2.75, 3.05) is 40.3 Å². The average Bonchev–Trinajstić information content (AvgIpc) is 2.51. The summed E-state index contributed by atoms with van der Waals surface area (Å²) in [5, 5.41) is 21.5. The number of nitrogens with one attached hydrogen (secondary N) is 2. The maximum absolute atomic E-state index is 9.10. The molecule has 0 radical (unpaired) electrons. The van der Waals surface area contributed by atoms with Crippen molar-refractivity contribution in [3.05, 3.63) is 0 Å². The molecule has 142 valence electrons. The normalized spacial score (nSPS) is 31.1. The molecule has 0 aliphatic carbocycles. The molecule has 0 saturated carbocycles. The first-order chi connectivity index (χ1) is 11.1. The summed E-state index contributed by atoms with van der Waals surface area (Å²) in [6.07, 6.45) is 0. The van der Waals surface area contributed by atoms with Crippen LogP contribution in [0.25, 0.3) is 0 Å². The third-order valence-electron chi connectivity index (χ3n) is 4.72. The van der Waals surface area contributed by atoms with Gasteiger partial charge < -0.3 is 20.8 Å². The van der Waals surface area contributed by atoms with E-state index in [2.05, 4.69) is 62.2 Å². The van der Waals surface area contributed by atoms with E-state index in [4.69, 9.17) is 19.8 Å². The summed E-state index contributed by atoms with van der Waals surface area (Å²) in [7, 11) is 4.38. The molecular formula is C16H34N4O4. The number of rotatable bonds is 0. The van der Waals surface area contributed by atoms with Crippen molar-refractivity contribution in [2.24, 2.45) is 0 Å². The number of hydrogen-bond donors (Lipinski definition) is 4. The van der Waals surface area contributed by atoms with Crippen molar-refractivity contribution in [2.45, 2.75) is 51.9 Å². The maximum atomic E-state index is 9.10. The summed E-state index contributed by atoms with van der Waals surface area (Å²) in [6, 6.07) is 2.81. The van der Waals surface area contributed by atoms with Gasteiger partial charge in [-0.2, -0.15) is 0 Å². The molecule has 8 nitrogen and oxygen atoms in total. The summed E-state index contributed by atoms with van der Waals surface area (Å²) >= 11 is 0. The Kier molecular flexibility index (Phi) is 10.8. The number of nitrogens with zero attached hydrogens (tertiary/aromatic N) is 2. The Hall–Kier alpha value is -1.22. The van der Waals surface area contributed by atoms with Gasteiger partial charge in [-0.15, -0.1) is 0 Å². The van der Waals surface area contributed by atoms with E-state index in [9.17, 15) is 0 Å². The highest BCUT2D eigenvalue weighted by Crippen LogP contribution is 2.05. The zero-order chi connectivity index (χ0) is 18.9. The van der Waals surface area contributed by atoms with Crippen LogP contribution in [0.5, 0.6) is 0 Å². The minimum absolute atomic E-state index is 0.703. The topological polar surface area (TPSA) is 105 Å². The molecule has 0 spiro atoms. The lowest BCUT2D eigenvalue weighted by molar-refractivity contribution is -0.159. The Morgan fingerprint density at radius 3 is 1.04 bits per heavy atom. The highest BCUT2D eigenvalue weighted by molar-refractivity contribution is 6.27. The fourth-order valence-corrected chi connectivity index (χ4v) is 2.45. The third kappa shape index (κ3) is 8.58. The second kappa shape index (κ2) is 11.4. The first kappa shape index (κ1) is 22.8. The van der Waals surface area contributed by atoms with Crippen LogP contribution in [0.15, 0.2) is 0 Å². The molecular weight excluding hydrogens is 312 g/mol. The monoisotopic (exact) mass is 346 g/mol. The van der Waals surface area contributed by atoms with E-state index in [1.54, 1.807) is 0 Å². The Balaban J connectivity index is 0.000000340. The average molecular weight is 346 g/mol. The number of hydrogen-bond acceptors (Lipinski definition) is 6. The minimum atomic E-state index is -1.82. The summed E-state index contributed by atoms with van der Waals surface area (Å²) in [5.41, 5.74) is 0. The van der Waals surface area contributed by atoms with Gasteiger partial charge in [0, 0.05) is 50.3 Å². The molecule has 0 unspecified atom stereocenters. The number of aliphatic carboxylic acids is 2. The Morgan fingerprint density at radius 2 is 0.917 bits per heavy atom.